The molecule has 0 aromatic carbocycles. The summed E-state index contributed by atoms with van der Waals surface area (Å²) >= 11 is 0. The van der Waals surface area contributed by atoms with Gasteiger partial charge in [0, 0.05) is 17.7 Å². The van der Waals surface area contributed by atoms with E-state index in [-0.39, 0.29) is 0 Å². The van der Waals surface area contributed by atoms with Gasteiger partial charge in [-0.15, -0.1) is 0 Å². The van der Waals surface area contributed by atoms with Crippen molar-refractivity contribution in [1.82, 2.24) is 5.32 Å². The summed E-state index contributed by atoms with van der Waals surface area (Å²) in [7, 11) is 0. The third-order valence-corrected chi connectivity index (χ3v) is 1.72. The zero-order valence-electron chi connectivity index (χ0n) is 6.49. The number of rotatable bonds is 1. The lowest BCUT2D eigenvalue weighted by Crippen LogP contribution is -2.17. The molecule has 1 heteroatoms. The van der Waals surface area contributed by atoms with Crippen molar-refractivity contribution in [3.05, 3.63) is 11.8 Å². The second kappa shape index (κ2) is 2.05. The number of allylic oxidation sites excluding steroid dienone is 1. The van der Waals surface area contributed by atoms with E-state index in [2.05, 4.69) is 32.2 Å². The van der Waals surface area contributed by atoms with E-state index in [1.165, 1.54) is 5.70 Å². The van der Waals surface area contributed by atoms with E-state index in [4.69, 9.17) is 0 Å². The molecule has 0 atom stereocenters. The Hall–Kier alpha value is -0.460. The molecule has 0 saturated carbocycles. The first-order chi connectivity index (χ1) is 4.14. The van der Waals surface area contributed by atoms with E-state index in [1.807, 2.05) is 0 Å². The molecule has 1 rings (SSSR count). The van der Waals surface area contributed by atoms with Gasteiger partial charge in [0.2, 0.25) is 0 Å². The lowest BCUT2D eigenvalue weighted by atomic mass is 9.95. The predicted octanol–water partition coefficient (Wildman–Crippen LogP) is 1.91. The molecule has 1 aliphatic heterocycles. The summed E-state index contributed by atoms with van der Waals surface area (Å²) in [6, 6.07) is 0. The van der Waals surface area contributed by atoms with Gasteiger partial charge in [-0.2, -0.15) is 0 Å². The molecule has 9 heavy (non-hydrogen) atoms. The van der Waals surface area contributed by atoms with E-state index in [0.717, 1.165) is 13.0 Å². The third kappa shape index (κ3) is 1.47. The minimum atomic E-state index is 0.394. The molecule has 0 radical (unpaired) electrons. The second-order valence-electron chi connectivity index (χ2n) is 3.37. The molecule has 0 saturated heterocycles. The molecule has 0 amide bonds. The van der Waals surface area contributed by atoms with Crippen LogP contribution in [-0.2, 0) is 0 Å². The molecular weight excluding hydrogens is 110 g/mol. The molecule has 0 bridgehead atoms. The third-order valence-electron chi connectivity index (χ3n) is 1.72. The Kier molecular flexibility index (Phi) is 1.52. The topological polar surface area (TPSA) is 12.0 Å². The Morgan fingerprint density at radius 2 is 2.33 bits per heavy atom. The molecule has 0 unspecified atom stereocenters. The maximum absolute atomic E-state index is 3.36. The Bertz CT molecular complexity index is 134. The van der Waals surface area contributed by atoms with Crippen molar-refractivity contribution in [1.29, 1.82) is 0 Å². The van der Waals surface area contributed by atoms with Crippen molar-refractivity contribution >= 4 is 0 Å². The van der Waals surface area contributed by atoms with Gasteiger partial charge < -0.3 is 5.32 Å². The first-order valence-corrected chi connectivity index (χ1v) is 3.60. The molecule has 0 aromatic rings. The molecule has 1 aliphatic rings. The summed E-state index contributed by atoms with van der Waals surface area (Å²) in [5.74, 6) is 0. The predicted molar refractivity (Wildman–Crippen MR) is 40.2 cm³/mol. The summed E-state index contributed by atoms with van der Waals surface area (Å²) in [5, 5.41) is 3.36. The van der Waals surface area contributed by atoms with Crippen LogP contribution < -0.4 is 5.32 Å². The Balaban J connectivity index is 2.61. The summed E-state index contributed by atoms with van der Waals surface area (Å²) in [6.45, 7) is 7.79. The van der Waals surface area contributed by atoms with Crippen LogP contribution in [-0.4, -0.2) is 6.54 Å². The van der Waals surface area contributed by atoms with Crippen LogP contribution in [0.15, 0.2) is 11.8 Å². The minimum Gasteiger partial charge on any atom is -0.388 e. The Morgan fingerprint density at radius 1 is 1.67 bits per heavy atom. The highest BCUT2D eigenvalue weighted by atomic mass is 14.9. The molecular formula is C8H15N. The summed E-state index contributed by atoms with van der Waals surface area (Å²) in [5.41, 5.74) is 1.80. The van der Waals surface area contributed by atoms with E-state index < -0.39 is 0 Å². The monoisotopic (exact) mass is 125 g/mol. The van der Waals surface area contributed by atoms with Crippen molar-refractivity contribution in [2.75, 3.05) is 6.54 Å². The summed E-state index contributed by atoms with van der Waals surface area (Å²) in [4.78, 5) is 0. The molecule has 0 aromatic heterocycles. The van der Waals surface area contributed by atoms with Gasteiger partial charge in [0.1, 0.15) is 0 Å². The van der Waals surface area contributed by atoms with Crippen LogP contribution in [0.5, 0.6) is 0 Å². The van der Waals surface area contributed by atoms with Gasteiger partial charge in [0.15, 0.2) is 0 Å². The largest absolute Gasteiger partial charge is 0.388 e. The van der Waals surface area contributed by atoms with Crippen LogP contribution in [0.3, 0.4) is 0 Å². The summed E-state index contributed by atoms with van der Waals surface area (Å²) in [6.07, 6.45) is 3.47. The van der Waals surface area contributed by atoms with Crippen molar-refractivity contribution in [3.63, 3.8) is 0 Å². The molecule has 1 heterocycles. The van der Waals surface area contributed by atoms with Crippen LogP contribution >= 0.6 is 0 Å². The van der Waals surface area contributed by atoms with E-state index in [9.17, 15) is 0 Å². The molecule has 0 spiro atoms. The quantitative estimate of drug-likeness (QED) is 0.564. The lowest BCUT2D eigenvalue weighted by Gasteiger charge is -2.11. The van der Waals surface area contributed by atoms with Crippen LogP contribution in [0, 0.1) is 5.41 Å². The van der Waals surface area contributed by atoms with Gasteiger partial charge in [0.05, 0.1) is 0 Å². The number of hydrogen-bond acceptors (Lipinski definition) is 1. The maximum Gasteiger partial charge on any atom is 0.0230 e. The van der Waals surface area contributed by atoms with E-state index >= 15 is 0 Å². The number of hydrogen-bond donors (Lipinski definition) is 1. The minimum absolute atomic E-state index is 0.394. The highest BCUT2D eigenvalue weighted by Gasteiger charge is 2.20. The fourth-order valence-electron chi connectivity index (χ4n) is 1.14. The molecule has 1 N–H and O–H groups in total. The van der Waals surface area contributed by atoms with Crippen molar-refractivity contribution in [3.8, 4) is 0 Å². The molecule has 52 valence electrons. The summed E-state index contributed by atoms with van der Waals surface area (Å²) < 4.78 is 0. The molecule has 0 aliphatic carbocycles. The zero-order chi connectivity index (χ0) is 6.91. The van der Waals surface area contributed by atoms with Gasteiger partial charge >= 0.3 is 0 Å². The SMILES string of the molecule is CCC1=CC(C)(C)CN1. The zero-order valence-corrected chi connectivity index (χ0v) is 6.49. The normalized spacial score (nSPS) is 23.2. The highest BCUT2D eigenvalue weighted by molar-refractivity contribution is 5.13. The van der Waals surface area contributed by atoms with Gasteiger partial charge in [-0.05, 0) is 6.42 Å². The Morgan fingerprint density at radius 3 is 2.56 bits per heavy atom. The number of nitrogens with one attached hydrogen (secondary N) is 1. The van der Waals surface area contributed by atoms with Crippen LogP contribution in [0.1, 0.15) is 27.2 Å². The van der Waals surface area contributed by atoms with Crippen LogP contribution in [0.4, 0.5) is 0 Å². The van der Waals surface area contributed by atoms with Crippen molar-refractivity contribution in [2.45, 2.75) is 27.2 Å². The van der Waals surface area contributed by atoms with Crippen LogP contribution in [0.2, 0.25) is 0 Å². The van der Waals surface area contributed by atoms with Gasteiger partial charge in [-0.3, -0.25) is 0 Å². The molecule has 0 fully saturated rings. The van der Waals surface area contributed by atoms with Gasteiger partial charge in [0.25, 0.3) is 0 Å². The van der Waals surface area contributed by atoms with E-state index in [1.54, 1.807) is 0 Å². The fraction of sp³-hybridized carbons (Fsp3) is 0.750. The Labute approximate surface area is 57.1 Å². The van der Waals surface area contributed by atoms with Crippen molar-refractivity contribution in [2.24, 2.45) is 5.41 Å². The second-order valence-corrected chi connectivity index (χ2v) is 3.37. The van der Waals surface area contributed by atoms with Crippen molar-refractivity contribution < 1.29 is 0 Å². The van der Waals surface area contributed by atoms with Crippen LogP contribution in [0.25, 0.3) is 0 Å². The average Bonchev–Trinajstić information content (AvgIpc) is 2.10. The van der Waals surface area contributed by atoms with Gasteiger partial charge in [-0.25, -0.2) is 0 Å². The maximum atomic E-state index is 3.36. The average molecular weight is 125 g/mol. The van der Waals surface area contributed by atoms with E-state index in [0.29, 0.717) is 5.41 Å². The standard InChI is InChI=1S/C8H15N/c1-4-7-5-8(2,3)6-9-7/h5,9H,4,6H2,1-3H3. The smallest absolute Gasteiger partial charge is 0.0230 e. The molecule has 1 nitrogen and oxygen atoms in total. The first-order valence-electron chi connectivity index (χ1n) is 3.60. The fourth-order valence-corrected chi connectivity index (χ4v) is 1.14. The first kappa shape index (κ1) is 6.66. The van der Waals surface area contributed by atoms with Gasteiger partial charge in [-0.1, -0.05) is 26.8 Å². The highest BCUT2D eigenvalue weighted by Crippen LogP contribution is 2.23. The lowest BCUT2D eigenvalue weighted by molar-refractivity contribution is 0.495.